The molecule has 1 rings (SSSR count). The van der Waals surface area contributed by atoms with Crippen molar-refractivity contribution < 1.29 is 14.4 Å². The van der Waals surface area contributed by atoms with Crippen LogP contribution in [0.25, 0.3) is 0 Å². The van der Waals surface area contributed by atoms with Crippen LogP contribution in [0.3, 0.4) is 0 Å². The summed E-state index contributed by atoms with van der Waals surface area (Å²) in [5.41, 5.74) is 1.31. The maximum atomic E-state index is 11.6. The molecule has 0 aromatic heterocycles. The highest BCUT2D eigenvalue weighted by Gasteiger charge is 2.40. The van der Waals surface area contributed by atoms with Crippen molar-refractivity contribution in [1.29, 1.82) is 0 Å². The Hall–Kier alpha value is -1.47. The summed E-state index contributed by atoms with van der Waals surface area (Å²) in [6.07, 6.45) is 0.825. The highest BCUT2D eigenvalue weighted by atomic mass is 16.2. The van der Waals surface area contributed by atoms with Crippen LogP contribution in [0.5, 0.6) is 0 Å². The van der Waals surface area contributed by atoms with Gasteiger partial charge in [-0.05, 0) is 20.3 Å². The van der Waals surface area contributed by atoms with E-state index in [2.05, 4.69) is 5.32 Å². The van der Waals surface area contributed by atoms with E-state index < -0.39 is 5.54 Å². The summed E-state index contributed by atoms with van der Waals surface area (Å²) < 4.78 is 0. The Morgan fingerprint density at radius 3 is 2.76 bits per heavy atom. The zero-order valence-electron chi connectivity index (χ0n) is 10.1. The first-order chi connectivity index (χ1) is 7.87. The molecule has 7 heteroatoms. The van der Waals surface area contributed by atoms with Crippen molar-refractivity contribution >= 4 is 17.7 Å². The maximum absolute atomic E-state index is 11.6. The van der Waals surface area contributed by atoms with Gasteiger partial charge in [-0.15, -0.1) is 0 Å². The van der Waals surface area contributed by atoms with Crippen molar-refractivity contribution in [3.05, 3.63) is 0 Å². The fraction of sp³-hybridized carbons (Fsp3) is 0.700. The maximum Gasteiger partial charge on any atom is 0.246 e. The third-order valence-corrected chi connectivity index (χ3v) is 2.93. The molecule has 4 N–H and O–H groups in total. The topological polar surface area (TPSA) is 105 Å². The number of nitrogens with zero attached hydrogens (tertiary/aromatic N) is 1. The van der Waals surface area contributed by atoms with Crippen molar-refractivity contribution in [2.45, 2.75) is 32.2 Å². The number of piperazine rings is 1. The van der Waals surface area contributed by atoms with E-state index in [1.807, 2.05) is 5.43 Å². The second-order valence-electron chi connectivity index (χ2n) is 4.53. The van der Waals surface area contributed by atoms with E-state index in [1.54, 1.807) is 18.7 Å². The first kappa shape index (κ1) is 13.6. The van der Waals surface area contributed by atoms with Gasteiger partial charge in [0, 0.05) is 13.0 Å². The second kappa shape index (κ2) is 5.24. The SMILES string of the molecule is CC1(C)C(=O)NC(=O)CN1CCCC(=O)NN. The minimum Gasteiger partial charge on any atom is -0.294 e. The summed E-state index contributed by atoms with van der Waals surface area (Å²) in [6, 6.07) is 0. The van der Waals surface area contributed by atoms with Gasteiger partial charge in [0.1, 0.15) is 0 Å². The Morgan fingerprint density at radius 2 is 2.18 bits per heavy atom. The summed E-state index contributed by atoms with van der Waals surface area (Å²) in [6.45, 7) is 4.16. The lowest BCUT2D eigenvalue weighted by atomic mass is 9.98. The molecule has 17 heavy (non-hydrogen) atoms. The van der Waals surface area contributed by atoms with Gasteiger partial charge in [0.05, 0.1) is 12.1 Å². The molecule has 1 aliphatic rings. The molecular weight excluding hydrogens is 224 g/mol. The predicted octanol–water partition coefficient (Wildman–Crippen LogP) is -1.51. The number of hydrogen-bond acceptors (Lipinski definition) is 5. The quantitative estimate of drug-likeness (QED) is 0.241. The van der Waals surface area contributed by atoms with E-state index >= 15 is 0 Å². The van der Waals surface area contributed by atoms with Crippen molar-refractivity contribution in [2.75, 3.05) is 13.1 Å². The molecule has 1 heterocycles. The number of nitrogens with one attached hydrogen (secondary N) is 2. The summed E-state index contributed by atoms with van der Waals surface area (Å²) >= 11 is 0. The van der Waals surface area contributed by atoms with Gasteiger partial charge in [0.15, 0.2) is 0 Å². The molecule has 96 valence electrons. The molecule has 0 spiro atoms. The molecular formula is C10H18N4O3. The van der Waals surface area contributed by atoms with Gasteiger partial charge in [-0.2, -0.15) is 0 Å². The molecule has 0 aromatic carbocycles. The largest absolute Gasteiger partial charge is 0.294 e. The van der Waals surface area contributed by atoms with Crippen molar-refractivity contribution in [2.24, 2.45) is 5.84 Å². The van der Waals surface area contributed by atoms with Crippen LogP contribution in [-0.2, 0) is 14.4 Å². The lowest BCUT2D eigenvalue weighted by Gasteiger charge is -2.40. The molecule has 0 aliphatic carbocycles. The fourth-order valence-electron chi connectivity index (χ4n) is 1.69. The number of carbonyl (C=O) groups is 3. The number of imide groups is 1. The van der Waals surface area contributed by atoms with Crippen molar-refractivity contribution in [1.82, 2.24) is 15.6 Å². The number of hydrazine groups is 1. The highest BCUT2D eigenvalue weighted by Crippen LogP contribution is 2.18. The van der Waals surface area contributed by atoms with Crippen LogP contribution >= 0.6 is 0 Å². The summed E-state index contributed by atoms with van der Waals surface area (Å²) in [5, 5.41) is 2.29. The molecule has 0 saturated carbocycles. The monoisotopic (exact) mass is 242 g/mol. The standard InChI is InChI=1S/C10H18N4O3/c1-10(2)9(17)12-8(16)6-14(10)5-3-4-7(15)13-11/h3-6,11H2,1-2H3,(H,13,15)(H,12,16,17). The molecule has 0 aromatic rings. The number of nitrogens with two attached hydrogens (primary N) is 1. The van der Waals surface area contributed by atoms with E-state index in [0.717, 1.165) is 0 Å². The fourth-order valence-corrected chi connectivity index (χ4v) is 1.69. The van der Waals surface area contributed by atoms with E-state index in [0.29, 0.717) is 13.0 Å². The smallest absolute Gasteiger partial charge is 0.246 e. The summed E-state index contributed by atoms with van der Waals surface area (Å²) in [4.78, 5) is 35.6. The van der Waals surface area contributed by atoms with Crippen LogP contribution in [0.1, 0.15) is 26.7 Å². The summed E-state index contributed by atoms with van der Waals surface area (Å²) in [7, 11) is 0. The number of amides is 3. The van der Waals surface area contributed by atoms with Crippen LogP contribution in [0.4, 0.5) is 0 Å². The first-order valence-electron chi connectivity index (χ1n) is 5.46. The molecule has 0 atom stereocenters. The van der Waals surface area contributed by atoms with Gasteiger partial charge in [0.2, 0.25) is 17.7 Å². The zero-order chi connectivity index (χ0) is 13.1. The second-order valence-corrected chi connectivity index (χ2v) is 4.53. The van der Waals surface area contributed by atoms with Crippen LogP contribution in [-0.4, -0.2) is 41.2 Å². The summed E-state index contributed by atoms with van der Waals surface area (Å²) in [5.74, 6) is 4.09. The average Bonchev–Trinajstić information content (AvgIpc) is 2.25. The van der Waals surface area contributed by atoms with E-state index in [9.17, 15) is 14.4 Å². The van der Waals surface area contributed by atoms with Gasteiger partial charge in [0.25, 0.3) is 0 Å². The minimum atomic E-state index is -0.729. The molecule has 0 bridgehead atoms. The Bertz CT molecular complexity index is 340. The lowest BCUT2D eigenvalue weighted by molar-refractivity contribution is -0.145. The third-order valence-electron chi connectivity index (χ3n) is 2.93. The van der Waals surface area contributed by atoms with E-state index in [-0.39, 0.29) is 30.7 Å². The average molecular weight is 242 g/mol. The Kier molecular flexibility index (Phi) is 4.19. The zero-order valence-corrected chi connectivity index (χ0v) is 10.1. The van der Waals surface area contributed by atoms with Crippen LogP contribution in [0.2, 0.25) is 0 Å². The molecule has 7 nitrogen and oxygen atoms in total. The van der Waals surface area contributed by atoms with Crippen LogP contribution < -0.4 is 16.6 Å². The van der Waals surface area contributed by atoms with Crippen LogP contribution in [0, 0.1) is 0 Å². The third kappa shape index (κ3) is 3.24. The van der Waals surface area contributed by atoms with E-state index in [1.165, 1.54) is 0 Å². The van der Waals surface area contributed by atoms with Gasteiger partial charge in [-0.3, -0.25) is 30.0 Å². The van der Waals surface area contributed by atoms with Crippen molar-refractivity contribution in [3.8, 4) is 0 Å². The molecule has 3 amide bonds. The molecule has 0 radical (unpaired) electrons. The first-order valence-corrected chi connectivity index (χ1v) is 5.46. The number of carbonyl (C=O) groups excluding carboxylic acids is 3. The van der Waals surface area contributed by atoms with Gasteiger partial charge in [-0.25, -0.2) is 5.84 Å². The predicted molar refractivity (Wildman–Crippen MR) is 60.4 cm³/mol. The molecule has 1 aliphatic heterocycles. The Morgan fingerprint density at radius 1 is 1.53 bits per heavy atom. The molecule has 1 fully saturated rings. The number of rotatable bonds is 4. The Balaban J connectivity index is 2.53. The minimum absolute atomic E-state index is 0.170. The van der Waals surface area contributed by atoms with Crippen LogP contribution in [0.15, 0.2) is 0 Å². The van der Waals surface area contributed by atoms with Gasteiger partial charge in [-0.1, -0.05) is 0 Å². The van der Waals surface area contributed by atoms with Gasteiger partial charge < -0.3 is 0 Å². The Labute approximate surface area is 99.7 Å². The molecule has 1 saturated heterocycles. The van der Waals surface area contributed by atoms with E-state index in [4.69, 9.17) is 5.84 Å². The molecule has 0 unspecified atom stereocenters. The van der Waals surface area contributed by atoms with Crippen molar-refractivity contribution in [3.63, 3.8) is 0 Å². The lowest BCUT2D eigenvalue weighted by Crippen LogP contribution is -2.64. The van der Waals surface area contributed by atoms with Gasteiger partial charge >= 0.3 is 0 Å². The normalized spacial score (nSPS) is 19.9. The number of hydrogen-bond donors (Lipinski definition) is 3. The highest BCUT2D eigenvalue weighted by molar-refractivity contribution is 6.02.